The van der Waals surface area contributed by atoms with E-state index in [1.807, 2.05) is 14.1 Å². The highest BCUT2D eigenvalue weighted by molar-refractivity contribution is 9.10. The molecule has 0 aliphatic carbocycles. The van der Waals surface area contributed by atoms with Crippen LogP contribution in [-0.2, 0) is 0 Å². The Morgan fingerprint density at radius 3 is 2.68 bits per heavy atom. The van der Waals surface area contributed by atoms with Gasteiger partial charge >= 0.3 is 0 Å². The van der Waals surface area contributed by atoms with Crippen LogP contribution in [-0.4, -0.2) is 48.9 Å². The Hall–Kier alpha value is -0.940. The van der Waals surface area contributed by atoms with Crippen molar-refractivity contribution in [3.8, 4) is 0 Å². The van der Waals surface area contributed by atoms with E-state index >= 15 is 0 Å². The van der Waals surface area contributed by atoms with Gasteiger partial charge in [-0.05, 0) is 54.1 Å². The molecule has 1 aromatic rings. The Kier molecular flexibility index (Phi) is 4.26. The minimum absolute atomic E-state index is 0.109. The van der Waals surface area contributed by atoms with Crippen molar-refractivity contribution in [2.24, 2.45) is 5.92 Å². The minimum atomic E-state index is -0.386. The lowest BCUT2D eigenvalue weighted by molar-refractivity contribution is 0.0780. The molecule has 0 N–H and O–H groups in total. The van der Waals surface area contributed by atoms with Crippen molar-refractivity contribution in [1.29, 1.82) is 0 Å². The molecule has 0 spiro atoms. The van der Waals surface area contributed by atoms with Gasteiger partial charge in [-0.2, -0.15) is 0 Å². The molecule has 1 saturated heterocycles. The van der Waals surface area contributed by atoms with Crippen LogP contribution in [0.1, 0.15) is 17.3 Å². The number of hydrogen-bond donors (Lipinski definition) is 0. The summed E-state index contributed by atoms with van der Waals surface area (Å²) in [4.78, 5) is 16.4. The standard InChI is InChI=1S/C14H18BrFN2O/c1-9-7-18(8-13(9)17(2)3)14(19)11-6-10(16)4-5-12(11)15/h4-6,9,13H,7-8H2,1-3H3. The second kappa shape index (κ2) is 5.59. The fourth-order valence-corrected chi connectivity index (χ4v) is 3.04. The van der Waals surface area contributed by atoms with Crippen molar-refractivity contribution >= 4 is 21.8 Å². The van der Waals surface area contributed by atoms with E-state index < -0.39 is 0 Å². The van der Waals surface area contributed by atoms with Crippen LogP contribution in [0.4, 0.5) is 4.39 Å². The lowest BCUT2D eigenvalue weighted by atomic mass is 10.1. The molecule has 0 saturated carbocycles. The average molecular weight is 329 g/mol. The predicted octanol–water partition coefficient (Wildman–Crippen LogP) is 2.61. The molecule has 0 bridgehead atoms. The van der Waals surface area contributed by atoms with Gasteiger partial charge in [-0.3, -0.25) is 4.79 Å². The van der Waals surface area contributed by atoms with Crippen molar-refractivity contribution in [3.05, 3.63) is 34.1 Å². The summed E-state index contributed by atoms with van der Waals surface area (Å²) in [7, 11) is 4.04. The topological polar surface area (TPSA) is 23.6 Å². The maximum Gasteiger partial charge on any atom is 0.255 e. The van der Waals surface area contributed by atoms with E-state index in [-0.39, 0.29) is 11.7 Å². The van der Waals surface area contributed by atoms with Crippen molar-refractivity contribution in [1.82, 2.24) is 9.80 Å². The number of hydrogen-bond acceptors (Lipinski definition) is 2. The maximum atomic E-state index is 13.3. The predicted molar refractivity (Wildman–Crippen MR) is 76.6 cm³/mol. The van der Waals surface area contributed by atoms with Gasteiger partial charge in [-0.1, -0.05) is 6.92 Å². The van der Waals surface area contributed by atoms with Crippen LogP contribution in [0.15, 0.2) is 22.7 Å². The third-order valence-electron chi connectivity index (χ3n) is 3.68. The molecule has 19 heavy (non-hydrogen) atoms. The molecule has 1 fully saturated rings. The molecule has 0 radical (unpaired) electrons. The Bertz CT molecular complexity index is 492. The quantitative estimate of drug-likeness (QED) is 0.833. The van der Waals surface area contributed by atoms with Gasteiger partial charge in [-0.15, -0.1) is 0 Å². The van der Waals surface area contributed by atoms with Gasteiger partial charge in [0.2, 0.25) is 0 Å². The second-order valence-corrected chi connectivity index (χ2v) is 6.20. The van der Waals surface area contributed by atoms with E-state index in [0.29, 0.717) is 35.1 Å². The molecule has 3 nitrogen and oxygen atoms in total. The first-order valence-corrected chi connectivity index (χ1v) is 7.10. The zero-order chi connectivity index (χ0) is 14.2. The summed E-state index contributed by atoms with van der Waals surface area (Å²) < 4.78 is 13.9. The lowest BCUT2D eigenvalue weighted by Gasteiger charge is -2.22. The van der Waals surface area contributed by atoms with Gasteiger partial charge in [0.15, 0.2) is 0 Å². The Balaban J connectivity index is 2.19. The number of halogens is 2. The van der Waals surface area contributed by atoms with Crippen LogP contribution in [0.2, 0.25) is 0 Å². The monoisotopic (exact) mass is 328 g/mol. The summed E-state index contributed by atoms with van der Waals surface area (Å²) in [5, 5.41) is 0. The van der Waals surface area contributed by atoms with Crippen LogP contribution in [0, 0.1) is 11.7 Å². The summed E-state index contributed by atoms with van der Waals surface area (Å²) in [5.41, 5.74) is 0.395. The van der Waals surface area contributed by atoms with Gasteiger partial charge in [-0.25, -0.2) is 4.39 Å². The molecule has 2 atom stereocenters. The number of carbonyl (C=O) groups excluding carboxylic acids is 1. The number of nitrogens with zero attached hydrogens (tertiary/aromatic N) is 2. The van der Waals surface area contributed by atoms with Gasteiger partial charge in [0, 0.05) is 23.6 Å². The van der Waals surface area contributed by atoms with E-state index in [4.69, 9.17) is 0 Å². The van der Waals surface area contributed by atoms with Crippen molar-refractivity contribution in [2.75, 3.05) is 27.2 Å². The SMILES string of the molecule is CC1CN(C(=O)c2cc(F)ccc2Br)CC1N(C)C. The molecule has 1 aromatic carbocycles. The number of amides is 1. The van der Waals surface area contributed by atoms with Gasteiger partial charge in [0.1, 0.15) is 5.82 Å². The van der Waals surface area contributed by atoms with E-state index in [0.717, 1.165) is 0 Å². The highest BCUT2D eigenvalue weighted by Crippen LogP contribution is 2.25. The molecule has 1 amide bonds. The molecule has 1 aliphatic heterocycles. The van der Waals surface area contributed by atoms with Crippen molar-refractivity contribution < 1.29 is 9.18 Å². The number of likely N-dealkylation sites (tertiary alicyclic amines) is 1. The van der Waals surface area contributed by atoms with E-state index in [2.05, 4.69) is 27.8 Å². The Morgan fingerprint density at radius 2 is 2.11 bits per heavy atom. The van der Waals surface area contributed by atoms with Crippen LogP contribution in [0.3, 0.4) is 0 Å². The van der Waals surface area contributed by atoms with Gasteiger partial charge in [0.05, 0.1) is 5.56 Å². The third kappa shape index (κ3) is 2.98. The zero-order valence-electron chi connectivity index (χ0n) is 11.4. The first-order chi connectivity index (χ1) is 8.90. The van der Waals surface area contributed by atoms with Gasteiger partial charge < -0.3 is 9.80 Å². The molecular formula is C14H18BrFN2O. The minimum Gasteiger partial charge on any atom is -0.337 e. The van der Waals surface area contributed by atoms with Crippen molar-refractivity contribution in [3.63, 3.8) is 0 Å². The largest absolute Gasteiger partial charge is 0.337 e. The highest BCUT2D eigenvalue weighted by atomic mass is 79.9. The zero-order valence-corrected chi connectivity index (χ0v) is 12.9. The van der Waals surface area contributed by atoms with E-state index in [1.165, 1.54) is 12.1 Å². The van der Waals surface area contributed by atoms with E-state index in [1.54, 1.807) is 11.0 Å². The van der Waals surface area contributed by atoms with Crippen LogP contribution in [0.25, 0.3) is 0 Å². The van der Waals surface area contributed by atoms with Crippen LogP contribution in [0.5, 0.6) is 0 Å². The molecule has 0 aromatic heterocycles. The molecule has 1 aliphatic rings. The molecule has 2 rings (SSSR count). The molecule has 1 heterocycles. The normalized spacial score (nSPS) is 23.2. The Morgan fingerprint density at radius 1 is 1.42 bits per heavy atom. The summed E-state index contributed by atoms with van der Waals surface area (Å²) in [5.74, 6) is -0.0724. The fourth-order valence-electron chi connectivity index (χ4n) is 2.62. The summed E-state index contributed by atoms with van der Waals surface area (Å²) in [6.45, 7) is 3.54. The Labute approximate surface area is 121 Å². The number of likely N-dealkylation sites (N-methyl/N-ethyl adjacent to an activating group) is 1. The fraction of sp³-hybridized carbons (Fsp3) is 0.500. The van der Waals surface area contributed by atoms with Gasteiger partial charge in [0.25, 0.3) is 5.91 Å². The smallest absolute Gasteiger partial charge is 0.255 e. The number of rotatable bonds is 2. The summed E-state index contributed by atoms with van der Waals surface area (Å²) in [6, 6.07) is 4.57. The molecule has 104 valence electrons. The molecule has 5 heteroatoms. The molecule has 2 unspecified atom stereocenters. The number of benzene rings is 1. The highest BCUT2D eigenvalue weighted by Gasteiger charge is 2.34. The summed E-state index contributed by atoms with van der Waals surface area (Å²) in [6.07, 6.45) is 0. The third-order valence-corrected chi connectivity index (χ3v) is 4.37. The molecular weight excluding hydrogens is 311 g/mol. The maximum absolute atomic E-state index is 13.3. The van der Waals surface area contributed by atoms with Crippen LogP contribution >= 0.6 is 15.9 Å². The van der Waals surface area contributed by atoms with Crippen molar-refractivity contribution in [2.45, 2.75) is 13.0 Å². The first kappa shape index (κ1) is 14.5. The van der Waals surface area contributed by atoms with Crippen LogP contribution < -0.4 is 0 Å². The summed E-state index contributed by atoms with van der Waals surface area (Å²) >= 11 is 3.31. The second-order valence-electron chi connectivity index (χ2n) is 5.34. The first-order valence-electron chi connectivity index (χ1n) is 6.31. The average Bonchev–Trinajstić information content (AvgIpc) is 2.74. The number of carbonyl (C=O) groups is 1. The lowest BCUT2D eigenvalue weighted by Crippen LogP contribution is -2.35. The van der Waals surface area contributed by atoms with E-state index in [9.17, 15) is 9.18 Å².